The molecular weight excluding hydrogens is 236 g/mol. The van der Waals surface area contributed by atoms with E-state index >= 15 is 0 Å². The molecule has 92 valence electrons. The van der Waals surface area contributed by atoms with Crippen molar-refractivity contribution in [1.82, 2.24) is 14.8 Å². The van der Waals surface area contributed by atoms with Gasteiger partial charge in [-0.2, -0.15) is 9.67 Å². The predicted molar refractivity (Wildman–Crippen MR) is 62.8 cm³/mol. The number of nitrogens with zero attached hydrogens (tertiary/aromatic N) is 3. The third-order valence-electron chi connectivity index (χ3n) is 2.85. The fourth-order valence-electron chi connectivity index (χ4n) is 1.93. The number of H-pyrrole nitrogens is 1. The first-order valence-electron chi connectivity index (χ1n) is 5.33. The molecule has 0 unspecified atom stereocenters. The van der Waals surface area contributed by atoms with Crippen molar-refractivity contribution in [3.8, 4) is 5.75 Å². The lowest BCUT2D eigenvalue weighted by atomic mass is 10.3. The highest BCUT2D eigenvalue weighted by molar-refractivity contribution is 5.96. The Hall–Kier alpha value is -2.57. The van der Waals surface area contributed by atoms with Gasteiger partial charge in [0.25, 0.3) is 0 Å². The van der Waals surface area contributed by atoms with Crippen LogP contribution in [0.1, 0.15) is 5.82 Å². The van der Waals surface area contributed by atoms with Gasteiger partial charge in [-0.25, -0.2) is 14.7 Å². The number of aromatic amines is 1. The van der Waals surface area contributed by atoms with Crippen LogP contribution in [0.15, 0.2) is 29.1 Å². The highest BCUT2D eigenvalue weighted by Crippen LogP contribution is 2.24. The third-order valence-corrected chi connectivity index (χ3v) is 2.85. The van der Waals surface area contributed by atoms with Crippen molar-refractivity contribution in [1.29, 1.82) is 0 Å². The van der Waals surface area contributed by atoms with Crippen LogP contribution in [0.3, 0.4) is 0 Å². The first kappa shape index (κ1) is 10.6. The summed E-state index contributed by atoms with van der Waals surface area (Å²) in [7, 11) is 1.57. The Morgan fingerprint density at radius 2 is 2.00 bits per heavy atom. The number of anilines is 1. The molecule has 2 aromatic rings. The Morgan fingerprint density at radius 3 is 2.61 bits per heavy atom. The second kappa shape index (κ2) is 3.73. The van der Waals surface area contributed by atoms with E-state index in [1.54, 1.807) is 31.4 Å². The van der Waals surface area contributed by atoms with Gasteiger partial charge in [-0.3, -0.25) is 4.90 Å². The summed E-state index contributed by atoms with van der Waals surface area (Å²) in [5, 5.41) is 6.04. The molecule has 0 aliphatic carbocycles. The van der Waals surface area contributed by atoms with Gasteiger partial charge in [0, 0.05) is 5.69 Å². The molecular formula is C11H10N4O3. The average molecular weight is 246 g/mol. The maximum Gasteiger partial charge on any atom is 0.351 e. The van der Waals surface area contributed by atoms with Crippen molar-refractivity contribution < 1.29 is 9.53 Å². The molecule has 0 atom stereocenters. The molecule has 0 radical (unpaired) electrons. The van der Waals surface area contributed by atoms with Crippen molar-refractivity contribution in [2.45, 2.75) is 6.54 Å². The van der Waals surface area contributed by atoms with Gasteiger partial charge >= 0.3 is 11.7 Å². The monoisotopic (exact) mass is 246 g/mol. The van der Waals surface area contributed by atoms with Crippen molar-refractivity contribution >= 4 is 11.7 Å². The van der Waals surface area contributed by atoms with Gasteiger partial charge < -0.3 is 4.74 Å². The summed E-state index contributed by atoms with van der Waals surface area (Å²) in [5.41, 5.74) is 0.191. The van der Waals surface area contributed by atoms with E-state index in [1.165, 1.54) is 4.90 Å². The number of hydrogen-bond acceptors (Lipinski definition) is 4. The summed E-state index contributed by atoms with van der Waals surface area (Å²) in [6.45, 7) is 0.282. The van der Waals surface area contributed by atoms with E-state index in [0.717, 1.165) is 4.57 Å². The van der Waals surface area contributed by atoms with Crippen molar-refractivity contribution in [3.63, 3.8) is 0 Å². The molecule has 0 saturated heterocycles. The van der Waals surface area contributed by atoms with Crippen LogP contribution >= 0.6 is 0 Å². The minimum atomic E-state index is -0.508. The molecule has 7 heteroatoms. The number of benzene rings is 1. The summed E-state index contributed by atoms with van der Waals surface area (Å²) in [6.07, 6.45) is 0. The summed E-state index contributed by atoms with van der Waals surface area (Å²) < 4.78 is 6.08. The zero-order valence-electron chi connectivity index (χ0n) is 9.58. The van der Waals surface area contributed by atoms with Gasteiger partial charge in [0.2, 0.25) is 0 Å². The number of ether oxygens (including phenoxy) is 1. The fraction of sp³-hybridized carbons (Fsp3) is 0.182. The van der Waals surface area contributed by atoms with E-state index in [-0.39, 0.29) is 6.54 Å². The number of fused-ring (bicyclic) bond motifs is 1. The summed E-state index contributed by atoms with van der Waals surface area (Å²) in [5.74, 6) is 1.13. The van der Waals surface area contributed by atoms with Gasteiger partial charge in [-0.1, -0.05) is 0 Å². The normalized spacial score (nSPS) is 13.8. The Kier molecular flexibility index (Phi) is 2.19. The molecule has 1 aromatic heterocycles. The number of hydrogen-bond donors (Lipinski definition) is 1. The van der Waals surface area contributed by atoms with Crippen molar-refractivity contribution in [3.05, 3.63) is 40.6 Å². The highest BCUT2D eigenvalue weighted by Gasteiger charge is 2.31. The molecule has 1 aromatic carbocycles. The lowest BCUT2D eigenvalue weighted by molar-refractivity contribution is 0.250. The SMILES string of the molecule is COc1ccc(N2Cc3n[nH]c(=O)n3C2=O)cc1. The first-order chi connectivity index (χ1) is 8.70. The average Bonchev–Trinajstić information content (AvgIpc) is 2.92. The van der Waals surface area contributed by atoms with E-state index < -0.39 is 11.7 Å². The zero-order valence-corrected chi connectivity index (χ0v) is 9.58. The molecule has 0 fully saturated rings. The molecule has 0 saturated carbocycles. The predicted octanol–water partition coefficient (Wildman–Crippen LogP) is 0.568. The number of carbonyl (C=O) groups excluding carboxylic acids is 1. The van der Waals surface area contributed by atoms with Crippen LogP contribution in [0.25, 0.3) is 0 Å². The molecule has 1 N–H and O–H groups in total. The summed E-state index contributed by atoms with van der Waals surface area (Å²) in [6, 6.07) is 6.64. The lowest BCUT2D eigenvalue weighted by Crippen LogP contribution is -2.31. The van der Waals surface area contributed by atoms with Crippen LogP contribution in [-0.2, 0) is 6.54 Å². The Balaban J connectivity index is 1.96. The standard InChI is InChI=1S/C11H10N4O3/c1-18-8-4-2-7(3-5-8)14-6-9-12-13-10(16)15(9)11(14)17/h2-5H,6H2,1H3,(H,13,16). The van der Waals surface area contributed by atoms with Crippen LogP contribution in [0.5, 0.6) is 5.75 Å². The lowest BCUT2D eigenvalue weighted by Gasteiger charge is -2.14. The van der Waals surface area contributed by atoms with Crippen LogP contribution in [0.4, 0.5) is 10.5 Å². The van der Waals surface area contributed by atoms with E-state index in [4.69, 9.17) is 4.74 Å². The molecule has 7 nitrogen and oxygen atoms in total. The van der Waals surface area contributed by atoms with Crippen molar-refractivity contribution in [2.75, 3.05) is 12.0 Å². The number of rotatable bonds is 2. The fourth-order valence-corrected chi connectivity index (χ4v) is 1.93. The molecule has 1 aliphatic heterocycles. The van der Waals surface area contributed by atoms with E-state index in [1.807, 2.05) is 0 Å². The van der Waals surface area contributed by atoms with E-state index in [2.05, 4.69) is 10.2 Å². The highest BCUT2D eigenvalue weighted by atomic mass is 16.5. The van der Waals surface area contributed by atoms with Gasteiger partial charge in [0.1, 0.15) is 5.75 Å². The number of aromatic nitrogens is 3. The molecule has 0 spiro atoms. The topological polar surface area (TPSA) is 80.2 Å². The van der Waals surface area contributed by atoms with Crippen molar-refractivity contribution in [2.24, 2.45) is 0 Å². The van der Waals surface area contributed by atoms with Crippen LogP contribution < -0.4 is 15.3 Å². The maximum atomic E-state index is 12.0. The molecule has 3 rings (SSSR count). The number of methoxy groups -OCH3 is 1. The third kappa shape index (κ3) is 1.41. The Labute approximate surface area is 102 Å². The maximum absolute atomic E-state index is 12.0. The molecule has 2 heterocycles. The van der Waals surface area contributed by atoms with Gasteiger partial charge in [0.15, 0.2) is 5.82 Å². The minimum absolute atomic E-state index is 0.282. The zero-order chi connectivity index (χ0) is 12.7. The van der Waals surface area contributed by atoms with E-state index in [0.29, 0.717) is 17.3 Å². The molecule has 1 amide bonds. The molecule has 18 heavy (non-hydrogen) atoms. The van der Waals surface area contributed by atoms with E-state index in [9.17, 15) is 9.59 Å². The van der Waals surface area contributed by atoms with Gasteiger partial charge in [-0.05, 0) is 24.3 Å². The van der Waals surface area contributed by atoms with Crippen LogP contribution in [-0.4, -0.2) is 27.9 Å². The number of carbonyl (C=O) groups is 1. The van der Waals surface area contributed by atoms with Crippen LogP contribution in [0, 0.1) is 0 Å². The second-order valence-electron chi connectivity index (χ2n) is 3.85. The van der Waals surface area contributed by atoms with Gasteiger partial charge in [0.05, 0.1) is 13.7 Å². The second-order valence-corrected chi connectivity index (χ2v) is 3.85. The molecule has 0 bridgehead atoms. The largest absolute Gasteiger partial charge is 0.497 e. The summed E-state index contributed by atoms with van der Waals surface area (Å²) >= 11 is 0. The van der Waals surface area contributed by atoms with Crippen LogP contribution in [0.2, 0.25) is 0 Å². The Morgan fingerprint density at radius 1 is 1.28 bits per heavy atom. The summed E-state index contributed by atoms with van der Waals surface area (Å²) in [4.78, 5) is 24.9. The minimum Gasteiger partial charge on any atom is -0.497 e. The van der Waals surface area contributed by atoms with Gasteiger partial charge in [-0.15, -0.1) is 0 Å². The number of nitrogens with one attached hydrogen (secondary N) is 1. The number of amides is 1. The molecule has 1 aliphatic rings. The smallest absolute Gasteiger partial charge is 0.351 e. The first-order valence-corrected chi connectivity index (χ1v) is 5.33. The Bertz CT molecular complexity index is 656. The quantitative estimate of drug-likeness (QED) is 0.840.